The van der Waals surface area contributed by atoms with Crippen LogP contribution < -0.4 is 16.6 Å². The normalized spacial score (nSPS) is 13.3. The number of aliphatic hydroxyl groups excluding tert-OH is 1. The second-order valence-electron chi connectivity index (χ2n) is 4.13. The van der Waals surface area contributed by atoms with Gasteiger partial charge < -0.3 is 10.8 Å². The van der Waals surface area contributed by atoms with Gasteiger partial charge in [-0.1, -0.05) is 6.92 Å². The van der Waals surface area contributed by atoms with Crippen molar-refractivity contribution in [3.63, 3.8) is 0 Å². The molecule has 2 unspecified atom stereocenters. The maximum absolute atomic E-state index is 11.7. The van der Waals surface area contributed by atoms with E-state index in [1.54, 1.807) is 11.8 Å². The van der Waals surface area contributed by atoms with Crippen LogP contribution in [0.25, 0.3) is 0 Å². The summed E-state index contributed by atoms with van der Waals surface area (Å²) in [7, 11) is 0. The van der Waals surface area contributed by atoms with E-state index in [4.69, 9.17) is 5.73 Å². The number of aliphatic hydroxyl groups is 1. The van der Waals surface area contributed by atoms with Gasteiger partial charge in [0.25, 0.3) is 11.8 Å². The lowest BCUT2D eigenvalue weighted by molar-refractivity contribution is -0.131. The second kappa shape index (κ2) is 9.27. The predicted molar refractivity (Wildman–Crippen MR) is 79.2 cm³/mol. The van der Waals surface area contributed by atoms with Crippen molar-refractivity contribution < 1.29 is 14.7 Å². The average Bonchev–Trinajstić information content (AvgIpc) is 2.52. The molecule has 0 spiro atoms. The van der Waals surface area contributed by atoms with Crippen LogP contribution in [0.1, 0.15) is 23.8 Å². The predicted octanol–water partition coefficient (Wildman–Crippen LogP) is -0.931. The topological polar surface area (TPSA) is 130 Å². The van der Waals surface area contributed by atoms with Crippen LogP contribution in [0, 0.1) is 0 Å². The molecule has 0 saturated carbocycles. The Hall–Kier alpha value is -1.71. The zero-order chi connectivity index (χ0) is 15.7. The van der Waals surface area contributed by atoms with Crippen molar-refractivity contribution in [1.82, 2.24) is 20.8 Å². The largest absolute Gasteiger partial charge is 0.382 e. The molecule has 0 aliphatic heterocycles. The molecular formula is C12H19N5O3S. The first-order chi connectivity index (χ1) is 10.1. The van der Waals surface area contributed by atoms with Gasteiger partial charge in [-0.15, -0.1) is 0 Å². The number of nitrogens with zero attached hydrogens (tertiary/aromatic N) is 2. The van der Waals surface area contributed by atoms with Crippen molar-refractivity contribution in [3.05, 3.63) is 24.3 Å². The molecule has 0 radical (unpaired) electrons. The maximum Gasteiger partial charge on any atom is 0.288 e. The number of hydrogen-bond donors (Lipinski definition) is 4. The monoisotopic (exact) mass is 313 g/mol. The van der Waals surface area contributed by atoms with E-state index < -0.39 is 24.0 Å². The first kappa shape index (κ1) is 17.3. The fraction of sp³-hybridized carbons (Fsp3) is 0.500. The zero-order valence-corrected chi connectivity index (χ0v) is 12.5. The highest BCUT2D eigenvalue weighted by molar-refractivity contribution is 7.99. The molecule has 1 aromatic heterocycles. The summed E-state index contributed by atoms with van der Waals surface area (Å²) in [4.78, 5) is 30.7. The molecule has 1 heterocycles. The van der Waals surface area contributed by atoms with E-state index in [1.165, 1.54) is 18.6 Å². The number of rotatable bonds is 7. The number of hydrazine groups is 1. The molecule has 1 rings (SSSR count). The lowest BCUT2D eigenvalue weighted by atomic mass is 10.1. The summed E-state index contributed by atoms with van der Waals surface area (Å²) in [5.74, 6) is 0.346. The maximum atomic E-state index is 11.7. The summed E-state index contributed by atoms with van der Waals surface area (Å²) in [6.45, 7) is 2.02. The first-order valence-electron chi connectivity index (χ1n) is 6.43. The van der Waals surface area contributed by atoms with Crippen LogP contribution in [-0.2, 0) is 4.79 Å². The minimum atomic E-state index is -1.38. The van der Waals surface area contributed by atoms with E-state index in [2.05, 4.69) is 20.8 Å². The van der Waals surface area contributed by atoms with Crippen molar-refractivity contribution in [2.45, 2.75) is 25.5 Å². The van der Waals surface area contributed by atoms with Gasteiger partial charge in [0.15, 0.2) is 0 Å². The van der Waals surface area contributed by atoms with Crippen LogP contribution in [0.15, 0.2) is 18.6 Å². The third-order valence-electron chi connectivity index (χ3n) is 2.59. The fourth-order valence-corrected chi connectivity index (χ4v) is 2.12. The first-order valence-corrected chi connectivity index (χ1v) is 7.59. The zero-order valence-electron chi connectivity index (χ0n) is 11.7. The van der Waals surface area contributed by atoms with Crippen LogP contribution >= 0.6 is 11.8 Å². The van der Waals surface area contributed by atoms with Gasteiger partial charge in [-0.2, -0.15) is 11.8 Å². The Kier molecular flexibility index (Phi) is 7.65. The summed E-state index contributed by atoms with van der Waals surface area (Å²) >= 11 is 1.67. The molecule has 0 aromatic carbocycles. The molecule has 21 heavy (non-hydrogen) atoms. The number of carbonyl (C=O) groups is 2. The quantitative estimate of drug-likeness (QED) is 0.378. The number of nitrogens with one attached hydrogen (secondary N) is 2. The Morgan fingerprint density at radius 1 is 1.48 bits per heavy atom. The number of carbonyl (C=O) groups excluding carboxylic acids is 2. The lowest BCUT2D eigenvalue weighted by Gasteiger charge is -2.18. The van der Waals surface area contributed by atoms with Crippen LogP contribution in [0.5, 0.6) is 0 Å². The third-order valence-corrected chi connectivity index (χ3v) is 3.52. The van der Waals surface area contributed by atoms with Gasteiger partial charge in [-0.3, -0.25) is 20.4 Å². The Morgan fingerprint density at radius 2 is 2.24 bits per heavy atom. The number of hydrogen-bond acceptors (Lipinski definition) is 7. The third kappa shape index (κ3) is 6.06. The second-order valence-corrected chi connectivity index (χ2v) is 5.53. The van der Waals surface area contributed by atoms with Crippen LogP contribution in [0.4, 0.5) is 0 Å². The van der Waals surface area contributed by atoms with E-state index in [0.29, 0.717) is 6.42 Å². The molecule has 0 fully saturated rings. The molecule has 9 heteroatoms. The highest BCUT2D eigenvalue weighted by Gasteiger charge is 2.23. The molecule has 2 atom stereocenters. The van der Waals surface area contributed by atoms with Gasteiger partial charge in [0.2, 0.25) is 0 Å². The van der Waals surface area contributed by atoms with Crippen molar-refractivity contribution in [1.29, 1.82) is 0 Å². The van der Waals surface area contributed by atoms with Crippen LogP contribution in [0.2, 0.25) is 0 Å². The van der Waals surface area contributed by atoms with Gasteiger partial charge in [0.1, 0.15) is 18.1 Å². The molecule has 5 N–H and O–H groups in total. The lowest BCUT2D eigenvalue weighted by Crippen LogP contribution is -2.52. The van der Waals surface area contributed by atoms with Crippen molar-refractivity contribution in [3.8, 4) is 0 Å². The van der Waals surface area contributed by atoms with Crippen molar-refractivity contribution in [2.24, 2.45) is 5.73 Å². The van der Waals surface area contributed by atoms with Crippen LogP contribution in [-0.4, -0.2) is 50.5 Å². The SMILES string of the molecule is CCSCCC(N)C(O)C(=O)NNC(=O)c1ccncn1. The van der Waals surface area contributed by atoms with Crippen molar-refractivity contribution in [2.75, 3.05) is 11.5 Å². The van der Waals surface area contributed by atoms with E-state index in [1.807, 2.05) is 6.92 Å². The molecule has 1 aromatic rings. The Bertz CT molecular complexity index is 459. The Morgan fingerprint density at radius 3 is 2.86 bits per heavy atom. The minimum Gasteiger partial charge on any atom is -0.382 e. The van der Waals surface area contributed by atoms with E-state index in [9.17, 15) is 14.7 Å². The summed E-state index contributed by atoms with van der Waals surface area (Å²) < 4.78 is 0. The number of aromatic nitrogens is 2. The molecule has 116 valence electrons. The van der Waals surface area contributed by atoms with E-state index in [-0.39, 0.29) is 5.69 Å². The van der Waals surface area contributed by atoms with E-state index >= 15 is 0 Å². The molecule has 0 saturated heterocycles. The van der Waals surface area contributed by atoms with Gasteiger partial charge in [-0.25, -0.2) is 9.97 Å². The van der Waals surface area contributed by atoms with Gasteiger partial charge in [0.05, 0.1) is 0 Å². The Labute approximate surface area is 126 Å². The Balaban J connectivity index is 2.37. The van der Waals surface area contributed by atoms with Gasteiger partial charge >= 0.3 is 0 Å². The molecule has 8 nitrogen and oxygen atoms in total. The fourth-order valence-electron chi connectivity index (χ4n) is 1.40. The van der Waals surface area contributed by atoms with Gasteiger partial charge in [-0.05, 0) is 24.0 Å². The van der Waals surface area contributed by atoms with Crippen molar-refractivity contribution >= 4 is 23.6 Å². The average molecular weight is 313 g/mol. The smallest absolute Gasteiger partial charge is 0.288 e. The highest BCUT2D eigenvalue weighted by Crippen LogP contribution is 2.05. The molecular weight excluding hydrogens is 294 g/mol. The van der Waals surface area contributed by atoms with Crippen LogP contribution in [0.3, 0.4) is 0 Å². The summed E-state index contributed by atoms with van der Waals surface area (Å²) in [6.07, 6.45) is 1.74. The summed E-state index contributed by atoms with van der Waals surface area (Å²) in [5.41, 5.74) is 10.1. The van der Waals surface area contributed by atoms with E-state index in [0.717, 1.165) is 11.5 Å². The van der Waals surface area contributed by atoms with Gasteiger partial charge in [0, 0.05) is 12.2 Å². The minimum absolute atomic E-state index is 0.100. The molecule has 0 bridgehead atoms. The highest BCUT2D eigenvalue weighted by atomic mass is 32.2. The molecule has 0 aliphatic rings. The molecule has 2 amide bonds. The molecule has 0 aliphatic carbocycles. The summed E-state index contributed by atoms with van der Waals surface area (Å²) in [6, 6.07) is 0.714. The number of nitrogens with two attached hydrogens (primary N) is 1. The number of amides is 2. The standard InChI is InChI=1S/C12H19N5O3S/c1-2-21-6-4-8(13)10(18)12(20)17-16-11(19)9-3-5-14-7-15-9/h3,5,7-8,10,18H,2,4,6,13H2,1H3,(H,16,19)(H,17,20). The summed E-state index contributed by atoms with van der Waals surface area (Å²) in [5, 5.41) is 9.75. The number of thioether (sulfide) groups is 1.